The van der Waals surface area contributed by atoms with Gasteiger partial charge in [-0.15, -0.1) is 0 Å². The zero-order valence-corrected chi connectivity index (χ0v) is 10.6. The zero-order chi connectivity index (χ0) is 15.7. The molecule has 0 aliphatic carbocycles. The Labute approximate surface area is 115 Å². The van der Waals surface area contributed by atoms with Crippen molar-refractivity contribution >= 4 is 11.9 Å². The topological polar surface area (TPSA) is 167 Å². The highest BCUT2D eigenvalue weighted by atomic mass is 16.4. The molecule has 0 fully saturated rings. The summed E-state index contributed by atoms with van der Waals surface area (Å²) in [6.07, 6.45) is 0.273. The van der Waals surface area contributed by atoms with Gasteiger partial charge in [0, 0.05) is 0 Å². The summed E-state index contributed by atoms with van der Waals surface area (Å²) in [6, 6.07) is 4.30. The van der Waals surface area contributed by atoms with Gasteiger partial charge in [-0.3, -0.25) is 9.59 Å². The van der Waals surface area contributed by atoms with Gasteiger partial charge in [-0.1, -0.05) is 12.1 Å². The SMILES string of the molecule is NC(CO)C(=O)O.NC(Cc1ccc(O)cc1)C(=O)O. The first kappa shape index (κ1) is 17.8. The molecule has 8 heteroatoms. The van der Waals surface area contributed by atoms with E-state index in [1.54, 1.807) is 12.1 Å². The molecule has 8 N–H and O–H groups in total. The molecule has 0 saturated heterocycles. The Morgan fingerprint density at radius 3 is 1.75 bits per heavy atom. The Kier molecular flexibility index (Phi) is 7.90. The van der Waals surface area contributed by atoms with Crippen molar-refractivity contribution in [1.82, 2.24) is 0 Å². The summed E-state index contributed by atoms with van der Waals surface area (Å²) in [4.78, 5) is 20.0. The van der Waals surface area contributed by atoms with E-state index in [9.17, 15) is 9.59 Å². The molecule has 0 aliphatic rings. The van der Waals surface area contributed by atoms with Crippen molar-refractivity contribution in [3.63, 3.8) is 0 Å². The summed E-state index contributed by atoms with van der Waals surface area (Å²) in [5, 5.41) is 33.4. The molecule has 0 heterocycles. The molecule has 1 rings (SSSR count). The molecule has 20 heavy (non-hydrogen) atoms. The minimum Gasteiger partial charge on any atom is -0.508 e. The third-order valence-corrected chi connectivity index (χ3v) is 2.22. The molecule has 0 bridgehead atoms. The number of aliphatic hydroxyl groups excluding tert-OH is 1. The lowest BCUT2D eigenvalue weighted by atomic mass is 10.1. The molecule has 112 valence electrons. The van der Waals surface area contributed by atoms with Gasteiger partial charge in [-0.05, 0) is 24.1 Å². The van der Waals surface area contributed by atoms with Gasteiger partial charge in [-0.2, -0.15) is 0 Å². The van der Waals surface area contributed by atoms with Crippen LogP contribution in [0.5, 0.6) is 5.75 Å². The second-order valence-corrected chi connectivity index (χ2v) is 3.94. The standard InChI is InChI=1S/C9H11NO3.C3H7NO3/c10-8(9(12)13)5-6-1-3-7(11)4-2-6;4-2(1-5)3(6)7/h1-4,8,11H,5,10H2,(H,12,13);2,5H,1,4H2,(H,6,7). The van der Waals surface area contributed by atoms with Crippen LogP contribution in [-0.4, -0.2) is 51.1 Å². The quantitative estimate of drug-likeness (QED) is 0.390. The first-order valence-electron chi connectivity index (χ1n) is 5.63. The van der Waals surface area contributed by atoms with Crippen molar-refractivity contribution in [3.8, 4) is 5.75 Å². The van der Waals surface area contributed by atoms with Gasteiger partial charge in [0.25, 0.3) is 0 Å². The third-order valence-electron chi connectivity index (χ3n) is 2.22. The Bertz CT molecular complexity index is 434. The van der Waals surface area contributed by atoms with E-state index in [1.807, 2.05) is 0 Å². The number of aromatic hydroxyl groups is 1. The lowest BCUT2D eigenvalue weighted by Crippen LogP contribution is -2.33. The largest absolute Gasteiger partial charge is 0.508 e. The predicted molar refractivity (Wildman–Crippen MR) is 70.1 cm³/mol. The Balaban J connectivity index is 0.000000441. The molecular weight excluding hydrogens is 268 g/mol. The first-order chi connectivity index (χ1) is 9.27. The maximum Gasteiger partial charge on any atom is 0.322 e. The average molecular weight is 286 g/mol. The van der Waals surface area contributed by atoms with Gasteiger partial charge in [0.1, 0.15) is 17.8 Å². The number of carboxylic acids is 2. The predicted octanol–water partition coefficient (Wildman–Crippen LogP) is -1.26. The summed E-state index contributed by atoms with van der Waals surface area (Å²) < 4.78 is 0. The number of carboxylic acid groups (broad SMARTS) is 2. The van der Waals surface area contributed by atoms with E-state index in [0.717, 1.165) is 5.56 Å². The number of hydrogen-bond acceptors (Lipinski definition) is 6. The molecule has 8 nitrogen and oxygen atoms in total. The Morgan fingerprint density at radius 1 is 1.00 bits per heavy atom. The molecule has 0 aliphatic heterocycles. The second kappa shape index (κ2) is 8.86. The molecule has 2 atom stereocenters. The van der Waals surface area contributed by atoms with Crippen LogP contribution in [0.25, 0.3) is 0 Å². The minimum absolute atomic E-state index is 0.160. The maximum absolute atomic E-state index is 10.4. The lowest BCUT2D eigenvalue weighted by Gasteiger charge is -2.05. The Hall–Kier alpha value is -2.16. The number of aliphatic hydroxyl groups is 1. The normalized spacial score (nSPS) is 12.8. The van der Waals surface area contributed by atoms with Gasteiger partial charge in [0.05, 0.1) is 6.61 Å². The highest BCUT2D eigenvalue weighted by molar-refractivity contribution is 5.73. The number of rotatable bonds is 5. The van der Waals surface area contributed by atoms with Crippen LogP contribution in [-0.2, 0) is 16.0 Å². The number of phenols is 1. The van der Waals surface area contributed by atoms with Crippen LogP contribution in [0, 0.1) is 0 Å². The maximum atomic E-state index is 10.4. The van der Waals surface area contributed by atoms with Crippen LogP contribution < -0.4 is 11.5 Å². The molecular formula is C12H18N2O6. The number of carbonyl (C=O) groups is 2. The number of hydrogen-bond donors (Lipinski definition) is 6. The number of phenolic OH excluding ortho intramolecular Hbond substituents is 1. The van der Waals surface area contributed by atoms with Crippen molar-refractivity contribution in [2.24, 2.45) is 11.5 Å². The highest BCUT2D eigenvalue weighted by Crippen LogP contribution is 2.10. The van der Waals surface area contributed by atoms with Crippen LogP contribution in [0.2, 0.25) is 0 Å². The van der Waals surface area contributed by atoms with E-state index in [2.05, 4.69) is 0 Å². The van der Waals surface area contributed by atoms with Crippen LogP contribution in [0.3, 0.4) is 0 Å². The van der Waals surface area contributed by atoms with E-state index in [0.29, 0.717) is 0 Å². The van der Waals surface area contributed by atoms with Gasteiger partial charge in [-0.25, -0.2) is 0 Å². The second-order valence-electron chi connectivity index (χ2n) is 3.94. The molecule has 2 unspecified atom stereocenters. The van der Waals surface area contributed by atoms with Crippen LogP contribution in [0.15, 0.2) is 24.3 Å². The van der Waals surface area contributed by atoms with Crippen LogP contribution in [0.4, 0.5) is 0 Å². The molecule has 0 amide bonds. The molecule has 0 radical (unpaired) electrons. The summed E-state index contributed by atoms with van der Waals surface area (Å²) >= 11 is 0. The monoisotopic (exact) mass is 286 g/mol. The van der Waals surface area contributed by atoms with Crippen LogP contribution in [0.1, 0.15) is 5.56 Å². The smallest absolute Gasteiger partial charge is 0.322 e. The fraction of sp³-hybridized carbons (Fsp3) is 0.333. The molecule has 1 aromatic rings. The summed E-state index contributed by atoms with van der Waals surface area (Å²) in [6.45, 7) is -0.505. The molecule has 1 aromatic carbocycles. The van der Waals surface area contributed by atoms with E-state index in [4.69, 9.17) is 31.9 Å². The number of benzene rings is 1. The molecule has 0 aromatic heterocycles. The van der Waals surface area contributed by atoms with E-state index in [-0.39, 0.29) is 12.2 Å². The zero-order valence-electron chi connectivity index (χ0n) is 10.6. The van der Waals surface area contributed by atoms with Crippen molar-refractivity contribution in [3.05, 3.63) is 29.8 Å². The van der Waals surface area contributed by atoms with Crippen molar-refractivity contribution in [2.75, 3.05) is 6.61 Å². The number of aliphatic carboxylic acids is 2. The average Bonchev–Trinajstić information content (AvgIpc) is 2.40. The number of nitrogens with two attached hydrogens (primary N) is 2. The van der Waals surface area contributed by atoms with E-state index in [1.165, 1.54) is 12.1 Å². The first-order valence-corrected chi connectivity index (χ1v) is 5.63. The van der Waals surface area contributed by atoms with E-state index >= 15 is 0 Å². The lowest BCUT2D eigenvalue weighted by molar-refractivity contribution is -0.140. The van der Waals surface area contributed by atoms with Gasteiger partial charge in [0.15, 0.2) is 0 Å². The van der Waals surface area contributed by atoms with Gasteiger partial charge < -0.3 is 31.9 Å². The fourth-order valence-corrected chi connectivity index (χ4v) is 1.05. The highest BCUT2D eigenvalue weighted by Gasteiger charge is 2.11. The summed E-state index contributed by atoms with van der Waals surface area (Å²) in [7, 11) is 0. The van der Waals surface area contributed by atoms with Crippen molar-refractivity contribution < 1.29 is 30.0 Å². The third kappa shape index (κ3) is 7.31. The van der Waals surface area contributed by atoms with Gasteiger partial charge >= 0.3 is 11.9 Å². The van der Waals surface area contributed by atoms with E-state index < -0.39 is 30.6 Å². The van der Waals surface area contributed by atoms with Crippen LogP contribution >= 0.6 is 0 Å². The van der Waals surface area contributed by atoms with Gasteiger partial charge in [0.2, 0.25) is 0 Å². The fourth-order valence-electron chi connectivity index (χ4n) is 1.05. The van der Waals surface area contributed by atoms with Crippen molar-refractivity contribution in [1.29, 1.82) is 0 Å². The molecule has 0 spiro atoms. The molecule has 0 saturated carbocycles. The summed E-state index contributed by atoms with van der Waals surface area (Å²) in [5.41, 5.74) is 10.9. The summed E-state index contributed by atoms with van der Waals surface area (Å²) in [5.74, 6) is -2.04. The van der Waals surface area contributed by atoms with Crippen molar-refractivity contribution in [2.45, 2.75) is 18.5 Å². The minimum atomic E-state index is -1.18. The Morgan fingerprint density at radius 2 is 1.45 bits per heavy atom.